The van der Waals surface area contributed by atoms with Gasteiger partial charge in [-0.2, -0.15) is 0 Å². The Labute approximate surface area is 119 Å². The minimum Gasteiger partial charge on any atom is -0.478 e. The molecular weight excluding hydrogens is 254 g/mol. The molecule has 0 aliphatic heterocycles. The molecule has 0 atom stereocenters. The van der Waals surface area contributed by atoms with Crippen molar-refractivity contribution in [1.29, 1.82) is 0 Å². The summed E-state index contributed by atoms with van der Waals surface area (Å²) in [4.78, 5) is 25.5. The largest absolute Gasteiger partial charge is 0.478 e. The molecule has 4 nitrogen and oxygen atoms in total. The van der Waals surface area contributed by atoms with Gasteiger partial charge in [-0.1, -0.05) is 24.3 Å². The van der Waals surface area contributed by atoms with E-state index in [9.17, 15) is 14.7 Å². The Bertz CT molecular complexity index is 551. The minimum absolute atomic E-state index is 0.0631. The predicted octanol–water partition coefficient (Wildman–Crippen LogP) is 2.82. The molecule has 0 saturated carbocycles. The van der Waals surface area contributed by atoms with Crippen LogP contribution in [0.15, 0.2) is 37.4 Å². The molecule has 0 spiro atoms. The molecule has 0 aromatic heterocycles. The van der Waals surface area contributed by atoms with Gasteiger partial charge in [0.2, 0.25) is 0 Å². The standard InChI is InChI=1S/C16H19NO3/c1-5-9-17(10-6-2)15(18)13-11(3)7-8-12(4)14(13)16(19)20/h5-8H,1-2,9-10H2,3-4H3,(H,19,20). The summed E-state index contributed by atoms with van der Waals surface area (Å²) in [6.45, 7) is 11.3. The maximum absolute atomic E-state index is 12.6. The average molecular weight is 273 g/mol. The van der Waals surface area contributed by atoms with E-state index in [1.165, 1.54) is 4.90 Å². The number of hydrogen-bond acceptors (Lipinski definition) is 2. The van der Waals surface area contributed by atoms with Crippen LogP contribution in [-0.2, 0) is 0 Å². The third-order valence-electron chi connectivity index (χ3n) is 3.04. The fraction of sp³-hybridized carbons (Fsp3) is 0.250. The van der Waals surface area contributed by atoms with Crippen LogP contribution < -0.4 is 0 Å². The lowest BCUT2D eigenvalue weighted by atomic mass is 9.96. The van der Waals surface area contributed by atoms with E-state index in [1.807, 2.05) is 0 Å². The van der Waals surface area contributed by atoms with Gasteiger partial charge in [-0.25, -0.2) is 4.79 Å². The first-order valence-electron chi connectivity index (χ1n) is 6.28. The van der Waals surface area contributed by atoms with Crippen LogP contribution in [-0.4, -0.2) is 35.0 Å². The quantitative estimate of drug-likeness (QED) is 0.811. The molecule has 106 valence electrons. The third-order valence-corrected chi connectivity index (χ3v) is 3.04. The summed E-state index contributed by atoms with van der Waals surface area (Å²) in [5, 5.41) is 9.35. The van der Waals surface area contributed by atoms with Crippen LogP contribution in [0.25, 0.3) is 0 Å². The van der Waals surface area contributed by atoms with Crippen molar-refractivity contribution >= 4 is 11.9 Å². The Kier molecular flexibility index (Phi) is 5.26. The number of rotatable bonds is 6. The Balaban J connectivity index is 3.39. The molecule has 1 N–H and O–H groups in total. The second-order valence-electron chi connectivity index (χ2n) is 4.54. The molecule has 1 rings (SSSR count). The SMILES string of the molecule is C=CCN(CC=C)C(=O)c1c(C)ccc(C)c1C(=O)O. The van der Waals surface area contributed by atoms with Crippen molar-refractivity contribution in [2.75, 3.05) is 13.1 Å². The summed E-state index contributed by atoms with van der Waals surface area (Å²) >= 11 is 0. The summed E-state index contributed by atoms with van der Waals surface area (Å²) in [5.41, 5.74) is 1.52. The summed E-state index contributed by atoms with van der Waals surface area (Å²) in [5.74, 6) is -1.41. The molecule has 4 heteroatoms. The second kappa shape index (κ2) is 6.70. The van der Waals surface area contributed by atoms with Crippen LogP contribution in [0.3, 0.4) is 0 Å². The molecule has 0 saturated heterocycles. The smallest absolute Gasteiger partial charge is 0.336 e. The lowest BCUT2D eigenvalue weighted by Crippen LogP contribution is -2.33. The van der Waals surface area contributed by atoms with E-state index in [1.54, 1.807) is 38.1 Å². The van der Waals surface area contributed by atoms with Gasteiger partial charge in [-0.05, 0) is 25.0 Å². The van der Waals surface area contributed by atoms with Gasteiger partial charge < -0.3 is 10.0 Å². The topological polar surface area (TPSA) is 57.6 Å². The van der Waals surface area contributed by atoms with Crippen molar-refractivity contribution in [2.24, 2.45) is 0 Å². The first-order valence-corrected chi connectivity index (χ1v) is 6.28. The van der Waals surface area contributed by atoms with E-state index in [-0.39, 0.29) is 17.0 Å². The molecule has 0 unspecified atom stereocenters. The summed E-state index contributed by atoms with van der Waals surface area (Å²) in [6.07, 6.45) is 3.21. The van der Waals surface area contributed by atoms with Gasteiger partial charge in [0.25, 0.3) is 5.91 Å². The van der Waals surface area contributed by atoms with Crippen molar-refractivity contribution in [3.05, 3.63) is 59.7 Å². The highest BCUT2D eigenvalue weighted by Gasteiger charge is 2.24. The maximum Gasteiger partial charge on any atom is 0.336 e. The summed E-state index contributed by atoms with van der Waals surface area (Å²) < 4.78 is 0. The van der Waals surface area contributed by atoms with Crippen molar-refractivity contribution in [3.8, 4) is 0 Å². The molecule has 0 radical (unpaired) electrons. The molecule has 1 amide bonds. The van der Waals surface area contributed by atoms with Gasteiger partial charge in [-0.3, -0.25) is 4.79 Å². The number of carboxylic acid groups (broad SMARTS) is 1. The zero-order chi connectivity index (χ0) is 15.3. The number of amides is 1. The van der Waals surface area contributed by atoms with Crippen molar-refractivity contribution in [2.45, 2.75) is 13.8 Å². The van der Waals surface area contributed by atoms with E-state index in [4.69, 9.17) is 0 Å². The van der Waals surface area contributed by atoms with E-state index in [0.29, 0.717) is 24.2 Å². The first kappa shape index (κ1) is 15.7. The Morgan fingerprint density at radius 3 is 1.95 bits per heavy atom. The van der Waals surface area contributed by atoms with Gasteiger partial charge in [0.15, 0.2) is 0 Å². The number of carboxylic acids is 1. The zero-order valence-electron chi connectivity index (χ0n) is 11.8. The lowest BCUT2D eigenvalue weighted by molar-refractivity contribution is 0.0680. The molecule has 0 aliphatic rings. The molecule has 0 fully saturated rings. The van der Waals surface area contributed by atoms with Crippen LogP contribution in [0.5, 0.6) is 0 Å². The van der Waals surface area contributed by atoms with Crippen molar-refractivity contribution in [1.82, 2.24) is 4.90 Å². The lowest BCUT2D eigenvalue weighted by Gasteiger charge is -2.22. The fourth-order valence-electron chi connectivity index (χ4n) is 2.07. The molecule has 1 aromatic rings. The monoisotopic (exact) mass is 273 g/mol. The average Bonchev–Trinajstić information content (AvgIpc) is 2.39. The predicted molar refractivity (Wildman–Crippen MR) is 79.2 cm³/mol. The molecule has 1 aromatic carbocycles. The van der Waals surface area contributed by atoms with Crippen LogP contribution in [0.1, 0.15) is 31.8 Å². The van der Waals surface area contributed by atoms with Crippen LogP contribution in [0, 0.1) is 13.8 Å². The number of aryl methyl sites for hydroxylation is 2. The van der Waals surface area contributed by atoms with Crippen LogP contribution in [0.2, 0.25) is 0 Å². The van der Waals surface area contributed by atoms with E-state index in [0.717, 1.165) is 0 Å². The molecule has 0 heterocycles. The van der Waals surface area contributed by atoms with E-state index in [2.05, 4.69) is 13.2 Å². The summed E-state index contributed by atoms with van der Waals surface area (Å²) in [7, 11) is 0. The second-order valence-corrected chi connectivity index (χ2v) is 4.54. The number of nitrogens with zero attached hydrogens (tertiary/aromatic N) is 1. The van der Waals surface area contributed by atoms with Gasteiger partial charge in [0, 0.05) is 13.1 Å². The van der Waals surface area contributed by atoms with Crippen molar-refractivity contribution < 1.29 is 14.7 Å². The molecule has 0 bridgehead atoms. The first-order chi connectivity index (χ1) is 9.43. The molecule has 20 heavy (non-hydrogen) atoms. The molecular formula is C16H19NO3. The van der Waals surface area contributed by atoms with Crippen LogP contribution in [0.4, 0.5) is 0 Å². The van der Waals surface area contributed by atoms with Gasteiger partial charge in [-0.15, -0.1) is 13.2 Å². The number of benzene rings is 1. The Morgan fingerprint density at radius 1 is 1.10 bits per heavy atom. The Hall–Kier alpha value is -2.36. The summed E-state index contributed by atoms with van der Waals surface area (Å²) in [6, 6.07) is 3.47. The highest BCUT2D eigenvalue weighted by molar-refractivity contribution is 6.06. The highest BCUT2D eigenvalue weighted by Crippen LogP contribution is 2.21. The normalized spacial score (nSPS) is 9.90. The van der Waals surface area contributed by atoms with E-state index < -0.39 is 5.97 Å². The number of aromatic carboxylic acids is 1. The van der Waals surface area contributed by atoms with Gasteiger partial charge >= 0.3 is 5.97 Å². The molecule has 0 aliphatic carbocycles. The third kappa shape index (κ3) is 3.15. The number of carbonyl (C=O) groups excluding carboxylic acids is 1. The van der Waals surface area contributed by atoms with Crippen LogP contribution >= 0.6 is 0 Å². The zero-order valence-corrected chi connectivity index (χ0v) is 11.8. The van der Waals surface area contributed by atoms with Gasteiger partial charge in [0.05, 0.1) is 11.1 Å². The maximum atomic E-state index is 12.6. The number of hydrogen-bond donors (Lipinski definition) is 1. The van der Waals surface area contributed by atoms with Gasteiger partial charge in [0.1, 0.15) is 0 Å². The fourth-order valence-corrected chi connectivity index (χ4v) is 2.07. The highest BCUT2D eigenvalue weighted by atomic mass is 16.4. The Morgan fingerprint density at radius 2 is 1.55 bits per heavy atom. The minimum atomic E-state index is -1.09. The van der Waals surface area contributed by atoms with Crippen molar-refractivity contribution in [3.63, 3.8) is 0 Å². The number of carbonyl (C=O) groups is 2. The van der Waals surface area contributed by atoms with E-state index >= 15 is 0 Å².